The van der Waals surface area contributed by atoms with Crippen LogP contribution in [0.15, 0.2) is 48.7 Å². The van der Waals surface area contributed by atoms with Gasteiger partial charge in [-0.3, -0.25) is 9.78 Å². The topological polar surface area (TPSA) is 79.8 Å². The van der Waals surface area contributed by atoms with Crippen LogP contribution in [0.4, 0.5) is 19.0 Å². The summed E-state index contributed by atoms with van der Waals surface area (Å²) in [5, 5.41) is 13.9. The smallest absolute Gasteiger partial charge is 0.254 e. The molecule has 1 amide bonds. The number of amides is 1. The summed E-state index contributed by atoms with van der Waals surface area (Å²) in [5.74, 6) is -1.15. The number of alkyl halides is 1. The Balaban J connectivity index is 1.49. The standard InChI is InChI=1S/C23H22F3N5O/c1-2-27-22(32)16-10-14(5-6-17(16)25)19-7-8-20(31-30-19)29-13-23(11-15(24)12-23)21-18(26)4-3-9-28-21/h3-10,15H,2,11-13H2,1H3,(H,27,32)(H,29,31)/t15-,23-. The van der Waals surface area contributed by atoms with Crippen LogP contribution < -0.4 is 10.6 Å². The third kappa shape index (κ3) is 4.28. The predicted molar refractivity (Wildman–Crippen MR) is 114 cm³/mol. The fourth-order valence-electron chi connectivity index (χ4n) is 3.94. The number of halogens is 3. The first-order valence-electron chi connectivity index (χ1n) is 10.3. The average Bonchev–Trinajstić information content (AvgIpc) is 2.77. The van der Waals surface area contributed by atoms with E-state index in [1.807, 2.05) is 0 Å². The van der Waals surface area contributed by atoms with Gasteiger partial charge >= 0.3 is 0 Å². The molecular formula is C23H22F3N5O. The molecule has 0 spiro atoms. The highest BCUT2D eigenvalue weighted by molar-refractivity contribution is 5.95. The van der Waals surface area contributed by atoms with Crippen LogP contribution in [0, 0.1) is 11.6 Å². The summed E-state index contributed by atoms with van der Waals surface area (Å²) >= 11 is 0. The fourth-order valence-corrected chi connectivity index (χ4v) is 3.94. The number of pyridine rings is 1. The number of nitrogens with zero attached hydrogens (tertiary/aromatic N) is 3. The molecule has 1 fully saturated rings. The Hall–Kier alpha value is -3.49. The highest BCUT2D eigenvalue weighted by atomic mass is 19.1. The summed E-state index contributed by atoms with van der Waals surface area (Å²) in [6, 6.07) is 10.3. The number of benzene rings is 1. The normalized spacial score (nSPS) is 19.8. The Bertz CT molecular complexity index is 1120. The molecule has 0 aliphatic heterocycles. The molecule has 1 aromatic carbocycles. The summed E-state index contributed by atoms with van der Waals surface area (Å²) in [6.07, 6.45) is 0.858. The van der Waals surface area contributed by atoms with Crippen LogP contribution in [0.25, 0.3) is 11.3 Å². The number of carbonyl (C=O) groups is 1. The van der Waals surface area contributed by atoms with Crippen LogP contribution >= 0.6 is 0 Å². The van der Waals surface area contributed by atoms with Gasteiger partial charge in [-0.15, -0.1) is 10.2 Å². The van der Waals surface area contributed by atoms with Gasteiger partial charge in [-0.1, -0.05) is 0 Å². The third-order valence-electron chi connectivity index (χ3n) is 5.60. The van der Waals surface area contributed by atoms with Gasteiger partial charge in [-0.05, 0) is 62.2 Å². The van der Waals surface area contributed by atoms with E-state index in [1.165, 1.54) is 36.5 Å². The summed E-state index contributed by atoms with van der Waals surface area (Å²) in [4.78, 5) is 16.2. The first-order valence-corrected chi connectivity index (χ1v) is 10.3. The van der Waals surface area contributed by atoms with Crippen LogP contribution in [-0.4, -0.2) is 40.3 Å². The van der Waals surface area contributed by atoms with Crippen molar-refractivity contribution < 1.29 is 18.0 Å². The van der Waals surface area contributed by atoms with Crippen LogP contribution in [0.1, 0.15) is 35.8 Å². The van der Waals surface area contributed by atoms with E-state index in [2.05, 4.69) is 25.8 Å². The van der Waals surface area contributed by atoms with Gasteiger partial charge in [0.25, 0.3) is 5.91 Å². The quantitative estimate of drug-likeness (QED) is 0.578. The van der Waals surface area contributed by atoms with Crippen molar-refractivity contribution in [1.29, 1.82) is 0 Å². The van der Waals surface area contributed by atoms with Gasteiger partial charge in [0.15, 0.2) is 0 Å². The zero-order valence-corrected chi connectivity index (χ0v) is 17.4. The van der Waals surface area contributed by atoms with Crippen molar-refractivity contribution in [3.63, 3.8) is 0 Å². The maximum absolute atomic E-state index is 14.3. The Morgan fingerprint density at radius 2 is 1.94 bits per heavy atom. The van der Waals surface area contributed by atoms with Gasteiger partial charge in [0, 0.05) is 30.3 Å². The van der Waals surface area contributed by atoms with Gasteiger partial charge in [-0.25, -0.2) is 13.2 Å². The first-order chi connectivity index (χ1) is 15.4. The van der Waals surface area contributed by atoms with E-state index in [9.17, 15) is 18.0 Å². The number of anilines is 1. The first kappa shape index (κ1) is 21.7. The molecule has 0 atom stereocenters. The molecule has 6 nitrogen and oxygen atoms in total. The zero-order chi connectivity index (χ0) is 22.7. The number of carbonyl (C=O) groups excluding carboxylic acids is 1. The second-order valence-corrected chi connectivity index (χ2v) is 7.83. The lowest BCUT2D eigenvalue weighted by Gasteiger charge is -2.44. The minimum Gasteiger partial charge on any atom is -0.368 e. The molecule has 0 radical (unpaired) electrons. The molecule has 2 N–H and O–H groups in total. The predicted octanol–water partition coefficient (Wildman–Crippen LogP) is 4.05. The average molecular weight is 441 g/mol. The fraction of sp³-hybridized carbons (Fsp3) is 0.304. The molecule has 0 saturated heterocycles. The SMILES string of the molecule is CCNC(=O)c1cc(-c2ccc(NC[C@]3(c4ncccc4F)C[C@H](F)C3)nn2)ccc1F. The Labute approximate surface area is 183 Å². The Kier molecular flexibility index (Phi) is 6.07. The minimum atomic E-state index is -0.996. The van der Waals surface area contributed by atoms with Crippen molar-refractivity contribution in [1.82, 2.24) is 20.5 Å². The summed E-state index contributed by atoms with van der Waals surface area (Å²) in [5.41, 5.74) is 0.425. The molecule has 1 saturated carbocycles. The van der Waals surface area contributed by atoms with E-state index in [4.69, 9.17) is 0 Å². The van der Waals surface area contributed by atoms with Crippen molar-refractivity contribution in [2.75, 3.05) is 18.4 Å². The molecule has 1 aliphatic rings. The molecule has 1 aliphatic carbocycles. The van der Waals surface area contributed by atoms with Gasteiger partial charge in [-0.2, -0.15) is 0 Å². The summed E-state index contributed by atoms with van der Waals surface area (Å²) in [7, 11) is 0. The minimum absolute atomic E-state index is 0.0709. The maximum Gasteiger partial charge on any atom is 0.254 e. The highest BCUT2D eigenvalue weighted by Crippen LogP contribution is 2.45. The van der Waals surface area contributed by atoms with Crippen LogP contribution in [-0.2, 0) is 5.41 Å². The van der Waals surface area contributed by atoms with Gasteiger partial charge in [0.05, 0.1) is 17.0 Å². The van der Waals surface area contributed by atoms with Crippen molar-refractivity contribution in [2.24, 2.45) is 0 Å². The number of nitrogens with one attached hydrogen (secondary N) is 2. The van der Waals surface area contributed by atoms with E-state index in [0.717, 1.165) is 0 Å². The lowest BCUT2D eigenvalue weighted by atomic mass is 9.65. The second kappa shape index (κ2) is 8.94. The molecule has 0 bridgehead atoms. The van der Waals surface area contributed by atoms with Crippen LogP contribution in [0.2, 0.25) is 0 Å². The molecule has 9 heteroatoms. The van der Waals surface area contributed by atoms with Gasteiger partial charge in [0.2, 0.25) is 0 Å². The molecule has 166 valence electrons. The lowest BCUT2D eigenvalue weighted by molar-refractivity contribution is 0.0950. The zero-order valence-electron chi connectivity index (χ0n) is 17.4. The Morgan fingerprint density at radius 1 is 1.12 bits per heavy atom. The largest absolute Gasteiger partial charge is 0.368 e. The van der Waals surface area contributed by atoms with Crippen molar-refractivity contribution >= 4 is 11.7 Å². The monoisotopic (exact) mass is 441 g/mol. The van der Waals surface area contributed by atoms with E-state index in [0.29, 0.717) is 23.6 Å². The van der Waals surface area contributed by atoms with E-state index < -0.39 is 29.1 Å². The van der Waals surface area contributed by atoms with Gasteiger partial charge < -0.3 is 10.6 Å². The lowest BCUT2D eigenvalue weighted by Crippen LogP contribution is -2.49. The van der Waals surface area contributed by atoms with E-state index in [1.54, 1.807) is 19.1 Å². The third-order valence-corrected chi connectivity index (χ3v) is 5.60. The van der Waals surface area contributed by atoms with E-state index >= 15 is 0 Å². The number of hydrogen-bond donors (Lipinski definition) is 2. The molecule has 2 aromatic heterocycles. The number of hydrogen-bond acceptors (Lipinski definition) is 5. The van der Waals surface area contributed by atoms with E-state index in [-0.39, 0.29) is 30.6 Å². The van der Waals surface area contributed by atoms with Crippen molar-refractivity contribution in [3.8, 4) is 11.3 Å². The molecule has 2 heterocycles. The second-order valence-electron chi connectivity index (χ2n) is 7.83. The van der Waals surface area contributed by atoms with Crippen LogP contribution in [0.5, 0.6) is 0 Å². The molecular weight excluding hydrogens is 419 g/mol. The molecule has 0 unspecified atom stereocenters. The summed E-state index contributed by atoms with van der Waals surface area (Å²) in [6.45, 7) is 2.39. The van der Waals surface area contributed by atoms with Crippen LogP contribution in [0.3, 0.4) is 0 Å². The molecule has 3 aromatic rings. The molecule has 4 rings (SSSR count). The number of aromatic nitrogens is 3. The van der Waals surface area contributed by atoms with Crippen molar-refractivity contribution in [2.45, 2.75) is 31.4 Å². The number of rotatable bonds is 7. The van der Waals surface area contributed by atoms with Gasteiger partial charge in [0.1, 0.15) is 23.6 Å². The summed E-state index contributed by atoms with van der Waals surface area (Å²) < 4.78 is 42.0. The molecule has 32 heavy (non-hydrogen) atoms. The van der Waals surface area contributed by atoms with Crippen molar-refractivity contribution in [3.05, 3.63) is 71.6 Å². The Morgan fingerprint density at radius 3 is 2.59 bits per heavy atom. The maximum atomic E-state index is 14.3. The highest BCUT2D eigenvalue weighted by Gasteiger charge is 2.48.